The fourth-order valence-electron chi connectivity index (χ4n) is 5.70. The maximum absolute atomic E-state index is 13.2. The van der Waals surface area contributed by atoms with Crippen molar-refractivity contribution in [1.29, 1.82) is 0 Å². The number of fused-ring (bicyclic) bond motifs is 2. The van der Waals surface area contributed by atoms with E-state index in [-0.39, 0.29) is 23.6 Å². The first kappa shape index (κ1) is 33.5. The number of aromatic nitrogens is 4. The highest BCUT2D eigenvalue weighted by Gasteiger charge is 2.21. The Labute approximate surface area is 302 Å². The minimum atomic E-state index is -0.402. The van der Waals surface area contributed by atoms with Crippen molar-refractivity contribution in [2.45, 2.75) is 34.1 Å². The average molecular weight is 715 g/mol. The van der Waals surface area contributed by atoms with Crippen molar-refractivity contribution in [3.05, 3.63) is 144 Å². The van der Waals surface area contributed by atoms with Crippen molar-refractivity contribution in [3.63, 3.8) is 0 Å². The van der Waals surface area contributed by atoms with Crippen LogP contribution in [0, 0.1) is 0 Å². The van der Waals surface area contributed by atoms with Gasteiger partial charge in [-0.05, 0) is 52.6 Å². The molecule has 2 aromatic heterocycles. The molecule has 0 aliphatic rings. The Balaban J connectivity index is 0.952. The largest absolute Gasteiger partial charge is 0.344 e. The summed E-state index contributed by atoms with van der Waals surface area (Å²) in [6.45, 7) is 1.87. The lowest BCUT2D eigenvalue weighted by Crippen LogP contribution is -2.30. The molecule has 7 aromatic rings. The summed E-state index contributed by atoms with van der Waals surface area (Å²) in [5.74, 6) is 0.871. The lowest BCUT2D eigenvalue weighted by Gasteiger charge is -2.19. The minimum absolute atomic E-state index is 0.0741. The second-order valence-electron chi connectivity index (χ2n) is 11.8. The molecule has 250 valence electrons. The van der Waals surface area contributed by atoms with Gasteiger partial charge in [-0.15, -0.1) is 21.5 Å². The van der Waals surface area contributed by atoms with Gasteiger partial charge in [-0.2, -0.15) is 0 Å². The lowest BCUT2D eigenvalue weighted by molar-refractivity contribution is -0.119. The van der Waals surface area contributed by atoms with Crippen molar-refractivity contribution < 1.29 is 9.59 Å². The molecule has 11 heteroatoms. The number of carbonyl (C=O) groups is 2. The Hall–Kier alpha value is -4.97. The zero-order valence-corrected chi connectivity index (χ0v) is 29.9. The van der Waals surface area contributed by atoms with Crippen LogP contribution >= 0.6 is 34.9 Å². The Bertz CT molecular complexity index is 2230. The molecule has 0 saturated carbocycles. The Morgan fingerprint density at radius 2 is 1.54 bits per heavy atom. The predicted octanol–water partition coefficient (Wildman–Crippen LogP) is 8.29. The normalized spacial score (nSPS) is 12.0. The van der Waals surface area contributed by atoms with E-state index in [4.69, 9.17) is 4.98 Å². The number of hydrogen-bond acceptors (Lipinski definition) is 8. The van der Waals surface area contributed by atoms with Gasteiger partial charge in [0.2, 0.25) is 11.8 Å². The van der Waals surface area contributed by atoms with Gasteiger partial charge < -0.3 is 15.2 Å². The zero-order valence-electron chi connectivity index (χ0n) is 27.4. The fraction of sp³-hybridized carbons (Fsp3) is 0.154. The van der Waals surface area contributed by atoms with Crippen LogP contribution in [0.3, 0.4) is 0 Å². The van der Waals surface area contributed by atoms with Crippen LogP contribution in [-0.4, -0.2) is 42.6 Å². The molecule has 2 N–H and O–H groups in total. The van der Waals surface area contributed by atoms with Crippen molar-refractivity contribution in [3.8, 4) is 0 Å². The van der Waals surface area contributed by atoms with E-state index in [1.165, 1.54) is 51.2 Å². The van der Waals surface area contributed by atoms with Crippen molar-refractivity contribution in [1.82, 2.24) is 25.1 Å². The van der Waals surface area contributed by atoms with E-state index in [0.29, 0.717) is 17.3 Å². The van der Waals surface area contributed by atoms with Crippen LogP contribution in [-0.2, 0) is 23.1 Å². The van der Waals surface area contributed by atoms with Crippen LogP contribution in [0.2, 0.25) is 0 Å². The number of thiazole rings is 1. The van der Waals surface area contributed by atoms with Gasteiger partial charge in [-0.25, -0.2) is 4.98 Å². The zero-order chi connectivity index (χ0) is 34.5. The molecular weight excluding hydrogens is 681 g/mol. The van der Waals surface area contributed by atoms with Gasteiger partial charge in [0.05, 0.1) is 27.3 Å². The molecule has 0 unspecified atom stereocenters. The molecule has 50 heavy (non-hydrogen) atoms. The molecule has 5 aromatic carbocycles. The third-order valence-corrected chi connectivity index (χ3v) is 11.6. The maximum Gasteiger partial charge on any atom is 0.237 e. The molecular formula is C39H34N6O2S3. The van der Waals surface area contributed by atoms with Crippen molar-refractivity contribution in [2.75, 3.05) is 11.1 Å². The molecule has 0 spiro atoms. The van der Waals surface area contributed by atoms with Crippen LogP contribution in [0.15, 0.2) is 131 Å². The number of amides is 2. The Morgan fingerprint density at radius 3 is 2.30 bits per heavy atom. The number of nitrogens with zero attached hydrogens (tertiary/aromatic N) is 4. The number of carbonyl (C=O) groups excluding carboxylic acids is 2. The lowest BCUT2D eigenvalue weighted by atomic mass is 9.99. The topological polar surface area (TPSA) is 102 Å². The minimum Gasteiger partial charge on any atom is -0.344 e. The molecule has 0 radical (unpaired) electrons. The molecule has 0 fully saturated rings. The first-order valence-electron chi connectivity index (χ1n) is 16.2. The second kappa shape index (κ2) is 15.3. The van der Waals surface area contributed by atoms with E-state index in [2.05, 4.69) is 51.2 Å². The third kappa shape index (κ3) is 7.75. The number of rotatable bonds is 12. The van der Waals surface area contributed by atoms with Crippen LogP contribution in [0.5, 0.6) is 0 Å². The van der Waals surface area contributed by atoms with Crippen LogP contribution < -0.4 is 10.6 Å². The van der Waals surface area contributed by atoms with Gasteiger partial charge in [0.1, 0.15) is 5.82 Å². The Morgan fingerprint density at radius 1 is 0.840 bits per heavy atom. The first-order valence-corrected chi connectivity index (χ1v) is 18.8. The number of anilines is 1. The molecule has 2 amide bonds. The van der Waals surface area contributed by atoms with E-state index in [0.717, 1.165) is 31.5 Å². The Kier molecular flexibility index (Phi) is 10.2. The molecule has 0 aliphatic heterocycles. The summed E-state index contributed by atoms with van der Waals surface area (Å²) >= 11 is 4.29. The molecule has 0 bridgehead atoms. The third-order valence-electron chi connectivity index (χ3n) is 8.34. The van der Waals surface area contributed by atoms with Crippen molar-refractivity contribution >= 4 is 73.4 Å². The summed E-state index contributed by atoms with van der Waals surface area (Å²) in [5.41, 5.74) is 4.75. The summed E-state index contributed by atoms with van der Waals surface area (Å²) in [7, 11) is 1.94. The number of nitrogens with one attached hydrogen (secondary N) is 2. The highest BCUT2D eigenvalue weighted by molar-refractivity contribution is 8.01. The average Bonchev–Trinajstić information content (AvgIpc) is 3.72. The van der Waals surface area contributed by atoms with E-state index in [9.17, 15) is 9.59 Å². The smallest absolute Gasteiger partial charge is 0.237 e. The first-order chi connectivity index (χ1) is 24.4. The van der Waals surface area contributed by atoms with Gasteiger partial charge in [0, 0.05) is 19.2 Å². The van der Waals surface area contributed by atoms with E-state index < -0.39 is 5.25 Å². The van der Waals surface area contributed by atoms with Crippen LogP contribution in [0.1, 0.15) is 35.5 Å². The number of thioether (sulfide) groups is 2. The van der Waals surface area contributed by atoms with Crippen molar-refractivity contribution in [2.24, 2.45) is 7.05 Å². The highest BCUT2D eigenvalue weighted by Crippen LogP contribution is 2.32. The molecule has 1 atom stereocenters. The maximum atomic E-state index is 13.2. The molecule has 0 saturated heterocycles. The van der Waals surface area contributed by atoms with Gasteiger partial charge in [0.15, 0.2) is 9.50 Å². The summed E-state index contributed by atoms with van der Waals surface area (Å²) in [4.78, 5) is 31.0. The quantitative estimate of drug-likeness (QED) is 0.123. The van der Waals surface area contributed by atoms with Crippen LogP contribution in [0.4, 0.5) is 5.69 Å². The molecule has 0 aliphatic carbocycles. The van der Waals surface area contributed by atoms with Gasteiger partial charge >= 0.3 is 0 Å². The predicted molar refractivity (Wildman–Crippen MR) is 205 cm³/mol. The van der Waals surface area contributed by atoms with E-state index in [1.54, 1.807) is 0 Å². The van der Waals surface area contributed by atoms with E-state index >= 15 is 0 Å². The molecule has 7 rings (SSSR count). The summed E-state index contributed by atoms with van der Waals surface area (Å²) < 4.78 is 3.69. The summed E-state index contributed by atoms with van der Waals surface area (Å²) in [5, 5.41) is 17.8. The number of benzene rings is 5. The fourth-order valence-corrected chi connectivity index (χ4v) is 8.45. The summed E-state index contributed by atoms with van der Waals surface area (Å²) in [6, 6.07) is 40.0. The van der Waals surface area contributed by atoms with Gasteiger partial charge in [-0.1, -0.05) is 127 Å². The van der Waals surface area contributed by atoms with Gasteiger partial charge in [-0.3, -0.25) is 9.59 Å². The molecule has 2 heterocycles. The van der Waals surface area contributed by atoms with E-state index in [1.807, 2.05) is 110 Å². The van der Waals surface area contributed by atoms with Gasteiger partial charge in [0.25, 0.3) is 0 Å². The number of hydrogen-bond donors (Lipinski definition) is 2. The second-order valence-corrected chi connectivity index (χ2v) is 15.4. The monoisotopic (exact) mass is 714 g/mol. The SMILES string of the molecule is C[C@H](Sc1nnc(Cc2cccc3ccccc23)n1C)C(=O)Nc1ccc2nc(SCC(=O)NC(c3ccccc3)c3ccccc3)sc2c1. The highest BCUT2D eigenvalue weighted by atomic mass is 32.2. The summed E-state index contributed by atoms with van der Waals surface area (Å²) in [6.07, 6.45) is 0.647. The standard InChI is InChI=1S/C39H34N6O2S3/c1-25(49-38-44-43-34(45(38)2)22-29-18-11-17-26-12-9-10-19-31(26)29)37(47)40-30-20-21-32-33(23-30)50-39(41-32)48-24-35(46)42-36(27-13-5-3-6-14-27)28-15-7-4-8-16-28/h3-21,23,25,36H,22,24H2,1-2H3,(H,40,47)(H,42,46)/t25-/m0/s1. The van der Waals surface area contributed by atoms with Crippen LogP contribution in [0.25, 0.3) is 21.0 Å². The molecule has 8 nitrogen and oxygen atoms in total.